The van der Waals surface area contributed by atoms with Crippen molar-refractivity contribution in [3.05, 3.63) is 0 Å². The van der Waals surface area contributed by atoms with E-state index in [9.17, 15) is 4.79 Å². The van der Waals surface area contributed by atoms with Crippen LogP contribution in [0, 0.1) is 11.8 Å². The van der Waals surface area contributed by atoms with Crippen LogP contribution in [-0.4, -0.2) is 18.5 Å². The fourth-order valence-electron chi connectivity index (χ4n) is 2.01. The molecule has 1 heterocycles. The molecule has 0 spiro atoms. The fraction of sp³-hybridized carbons (Fsp3) is 0.900. The number of primary amides is 1. The number of nitrogens with two attached hydrogens (primary N) is 1. The van der Waals surface area contributed by atoms with E-state index in [1.807, 2.05) is 0 Å². The Balaban J connectivity index is 2.46. The van der Waals surface area contributed by atoms with Gasteiger partial charge >= 0.3 is 0 Å². The van der Waals surface area contributed by atoms with E-state index >= 15 is 0 Å². The largest absolute Gasteiger partial charge is 0.368 e. The van der Waals surface area contributed by atoms with Crippen LogP contribution in [0.3, 0.4) is 0 Å². The second-order valence-corrected chi connectivity index (χ2v) is 4.08. The molecule has 0 radical (unpaired) electrons. The van der Waals surface area contributed by atoms with Crippen molar-refractivity contribution >= 4 is 5.91 Å². The molecule has 3 N–H and O–H groups in total. The van der Waals surface area contributed by atoms with Gasteiger partial charge in [-0.3, -0.25) is 4.79 Å². The first-order chi connectivity index (χ1) is 6.15. The summed E-state index contributed by atoms with van der Waals surface area (Å²) in [4.78, 5) is 11.0. The summed E-state index contributed by atoms with van der Waals surface area (Å²) in [5.74, 6) is 1.18. The zero-order valence-corrected chi connectivity index (χ0v) is 8.55. The van der Waals surface area contributed by atoms with E-state index < -0.39 is 0 Å². The molecule has 1 fully saturated rings. The van der Waals surface area contributed by atoms with Crippen LogP contribution in [0.4, 0.5) is 0 Å². The van der Waals surface area contributed by atoms with E-state index in [4.69, 9.17) is 5.73 Å². The Hall–Kier alpha value is -0.570. The Morgan fingerprint density at radius 1 is 1.69 bits per heavy atom. The zero-order valence-electron chi connectivity index (χ0n) is 8.55. The van der Waals surface area contributed by atoms with Crippen LogP contribution in [0.5, 0.6) is 0 Å². The molecule has 0 aromatic carbocycles. The number of amides is 1. The van der Waals surface area contributed by atoms with Gasteiger partial charge in [0.1, 0.15) is 0 Å². The summed E-state index contributed by atoms with van der Waals surface area (Å²) in [5, 5.41) is 3.15. The molecule has 2 unspecified atom stereocenters. The molecule has 1 aliphatic rings. The smallest absolute Gasteiger partial charge is 0.234 e. The van der Waals surface area contributed by atoms with E-state index in [2.05, 4.69) is 19.2 Å². The third-order valence-electron chi connectivity index (χ3n) is 3.24. The molecule has 13 heavy (non-hydrogen) atoms. The first-order valence-electron chi connectivity index (χ1n) is 5.17. The Morgan fingerprint density at radius 3 is 2.92 bits per heavy atom. The Morgan fingerprint density at radius 2 is 2.38 bits per heavy atom. The van der Waals surface area contributed by atoms with Crippen molar-refractivity contribution in [1.29, 1.82) is 0 Å². The first-order valence-corrected chi connectivity index (χ1v) is 5.17. The summed E-state index contributed by atoms with van der Waals surface area (Å²) in [6.07, 6.45) is 3.29. The van der Waals surface area contributed by atoms with Crippen molar-refractivity contribution in [3.8, 4) is 0 Å². The van der Waals surface area contributed by atoms with Gasteiger partial charge < -0.3 is 11.1 Å². The second kappa shape index (κ2) is 4.61. The van der Waals surface area contributed by atoms with Gasteiger partial charge in [-0.1, -0.05) is 20.3 Å². The summed E-state index contributed by atoms with van der Waals surface area (Å²) < 4.78 is 0. The summed E-state index contributed by atoms with van der Waals surface area (Å²) in [5.41, 5.74) is 5.27. The van der Waals surface area contributed by atoms with Crippen LogP contribution in [0.2, 0.25) is 0 Å². The van der Waals surface area contributed by atoms with Crippen molar-refractivity contribution in [2.45, 2.75) is 39.2 Å². The predicted octanol–water partition coefficient (Wildman–Crippen LogP) is 0.886. The van der Waals surface area contributed by atoms with Gasteiger partial charge in [-0.2, -0.15) is 0 Å². The van der Waals surface area contributed by atoms with Gasteiger partial charge in [0.05, 0.1) is 6.04 Å². The lowest BCUT2D eigenvalue weighted by Crippen LogP contribution is -2.47. The zero-order chi connectivity index (χ0) is 9.84. The minimum atomic E-state index is -0.201. The van der Waals surface area contributed by atoms with Crippen LogP contribution in [0.1, 0.15) is 33.1 Å². The summed E-state index contributed by atoms with van der Waals surface area (Å²) in [6, 6.07) is -0.0900. The van der Waals surface area contributed by atoms with E-state index in [0.717, 1.165) is 13.0 Å². The Bertz CT molecular complexity index is 182. The van der Waals surface area contributed by atoms with Crippen molar-refractivity contribution < 1.29 is 4.79 Å². The quantitative estimate of drug-likeness (QED) is 0.684. The summed E-state index contributed by atoms with van der Waals surface area (Å²) >= 11 is 0. The van der Waals surface area contributed by atoms with E-state index in [0.29, 0.717) is 11.8 Å². The van der Waals surface area contributed by atoms with Crippen molar-refractivity contribution in [2.24, 2.45) is 17.6 Å². The summed E-state index contributed by atoms with van der Waals surface area (Å²) in [6.45, 7) is 5.39. The maximum atomic E-state index is 11.0. The molecule has 0 saturated carbocycles. The molecule has 1 saturated heterocycles. The molecule has 76 valence electrons. The SMILES string of the molecule is CC[C@H](C)C1CCNC(C(N)=O)C1. The number of piperidine rings is 1. The molecule has 1 amide bonds. The second-order valence-electron chi connectivity index (χ2n) is 4.08. The number of carbonyl (C=O) groups excluding carboxylic acids is 1. The van der Waals surface area contributed by atoms with Crippen LogP contribution in [-0.2, 0) is 4.79 Å². The molecule has 0 bridgehead atoms. The van der Waals surface area contributed by atoms with Crippen LogP contribution < -0.4 is 11.1 Å². The Kier molecular flexibility index (Phi) is 3.72. The van der Waals surface area contributed by atoms with Crippen molar-refractivity contribution in [2.75, 3.05) is 6.54 Å². The van der Waals surface area contributed by atoms with E-state index in [-0.39, 0.29) is 11.9 Å². The van der Waals surface area contributed by atoms with Gasteiger partial charge in [0.25, 0.3) is 0 Å². The average molecular weight is 184 g/mol. The van der Waals surface area contributed by atoms with Gasteiger partial charge in [-0.15, -0.1) is 0 Å². The summed E-state index contributed by atoms with van der Waals surface area (Å²) in [7, 11) is 0. The number of hydrogen-bond acceptors (Lipinski definition) is 2. The number of hydrogen-bond donors (Lipinski definition) is 2. The van der Waals surface area contributed by atoms with Gasteiger partial charge in [-0.25, -0.2) is 0 Å². The third kappa shape index (κ3) is 2.69. The van der Waals surface area contributed by atoms with Gasteiger partial charge in [0.2, 0.25) is 5.91 Å². The van der Waals surface area contributed by atoms with Crippen LogP contribution in [0.15, 0.2) is 0 Å². The van der Waals surface area contributed by atoms with E-state index in [1.54, 1.807) is 0 Å². The van der Waals surface area contributed by atoms with Gasteiger partial charge in [0.15, 0.2) is 0 Å². The highest BCUT2D eigenvalue weighted by molar-refractivity contribution is 5.79. The monoisotopic (exact) mass is 184 g/mol. The van der Waals surface area contributed by atoms with Gasteiger partial charge in [0, 0.05) is 0 Å². The van der Waals surface area contributed by atoms with Crippen molar-refractivity contribution in [1.82, 2.24) is 5.32 Å². The molecule has 0 aromatic rings. The predicted molar refractivity (Wildman–Crippen MR) is 53.2 cm³/mol. The molecule has 0 aromatic heterocycles. The lowest BCUT2D eigenvalue weighted by Gasteiger charge is -2.31. The fourth-order valence-corrected chi connectivity index (χ4v) is 2.01. The average Bonchev–Trinajstić information content (AvgIpc) is 2.17. The number of rotatable bonds is 3. The first kappa shape index (κ1) is 10.5. The number of nitrogens with one attached hydrogen (secondary N) is 1. The third-order valence-corrected chi connectivity index (χ3v) is 3.24. The topological polar surface area (TPSA) is 55.1 Å². The Labute approximate surface area is 80.1 Å². The highest BCUT2D eigenvalue weighted by Crippen LogP contribution is 2.26. The maximum Gasteiger partial charge on any atom is 0.234 e. The molecule has 3 atom stereocenters. The molecular formula is C10H20N2O. The van der Waals surface area contributed by atoms with Crippen LogP contribution in [0.25, 0.3) is 0 Å². The standard InChI is InChI=1S/C10H20N2O/c1-3-7(2)8-4-5-12-9(6-8)10(11)13/h7-9,12H,3-6H2,1-2H3,(H2,11,13)/t7-,8?,9?/m0/s1. The lowest BCUT2D eigenvalue weighted by atomic mass is 9.81. The molecular weight excluding hydrogens is 164 g/mol. The minimum Gasteiger partial charge on any atom is -0.368 e. The van der Waals surface area contributed by atoms with Crippen molar-refractivity contribution in [3.63, 3.8) is 0 Å². The normalized spacial score (nSPS) is 31.2. The minimum absolute atomic E-state index is 0.0900. The highest BCUT2D eigenvalue weighted by Gasteiger charge is 2.27. The highest BCUT2D eigenvalue weighted by atomic mass is 16.1. The maximum absolute atomic E-state index is 11.0. The lowest BCUT2D eigenvalue weighted by molar-refractivity contribution is -0.121. The van der Waals surface area contributed by atoms with E-state index in [1.165, 1.54) is 12.8 Å². The molecule has 0 aliphatic carbocycles. The molecule has 3 nitrogen and oxygen atoms in total. The van der Waals surface area contributed by atoms with Crippen LogP contribution >= 0.6 is 0 Å². The number of carbonyl (C=O) groups is 1. The van der Waals surface area contributed by atoms with Gasteiger partial charge in [-0.05, 0) is 31.2 Å². The molecule has 1 aliphatic heterocycles. The molecule has 1 rings (SSSR count). The molecule has 3 heteroatoms.